The van der Waals surface area contributed by atoms with E-state index in [1.807, 2.05) is 7.05 Å². The number of guanidine groups is 1. The van der Waals surface area contributed by atoms with Crippen molar-refractivity contribution >= 4 is 29.9 Å². The number of methoxy groups -OCH3 is 1. The first-order valence-electron chi connectivity index (χ1n) is 7.69. The molecule has 0 spiro atoms. The largest absolute Gasteiger partial charge is 0.382 e. The monoisotopic (exact) mass is 413 g/mol. The van der Waals surface area contributed by atoms with Gasteiger partial charge in [-0.1, -0.05) is 13.8 Å². The van der Waals surface area contributed by atoms with Gasteiger partial charge < -0.3 is 19.7 Å². The lowest BCUT2D eigenvalue weighted by molar-refractivity contribution is 0.0536. The Morgan fingerprint density at radius 1 is 1.38 bits per heavy atom. The van der Waals surface area contributed by atoms with E-state index < -0.39 is 0 Å². The minimum atomic E-state index is 0. The summed E-state index contributed by atoms with van der Waals surface area (Å²) in [6.45, 7) is 9.78. The first-order valence-corrected chi connectivity index (χ1v) is 7.69. The highest BCUT2D eigenvalue weighted by atomic mass is 127. The summed E-state index contributed by atoms with van der Waals surface area (Å²) in [6, 6.07) is 0. The van der Waals surface area contributed by atoms with Gasteiger partial charge in [0, 0.05) is 39.7 Å². The molecule has 1 rings (SSSR count). The molecule has 21 heavy (non-hydrogen) atoms. The highest BCUT2D eigenvalue weighted by Gasteiger charge is 2.24. The van der Waals surface area contributed by atoms with E-state index in [1.165, 1.54) is 12.8 Å². The predicted octanol–water partition coefficient (Wildman–Crippen LogP) is 2.21. The molecule has 6 heteroatoms. The van der Waals surface area contributed by atoms with Crippen molar-refractivity contribution in [3.05, 3.63) is 0 Å². The van der Waals surface area contributed by atoms with Gasteiger partial charge in [0.25, 0.3) is 0 Å². The van der Waals surface area contributed by atoms with Crippen LogP contribution in [-0.4, -0.2) is 64.5 Å². The number of nitrogens with zero attached hydrogens (tertiary/aromatic N) is 2. The Labute approximate surface area is 146 Å². The highest BCUT2D eigenvalue weighted by Crippen LogP contribution is 2.16. The van der Waals surface area contributed by atoms with Crippen LogP contribution in [0.15, 0.2) is 4.99 Å². The Morgan fingerprint density at radius 3 is 2.76 bits per heavy atom. The van der Waals surface area contributed by atoms with Crippen molar-refractivity contribution in [1.82, 2.24) is 10.2 Å². The van der Waals surface area contributed by atoms with Crippen molar-refractivity contribution in [2.24, 2.45) is 16.8 Å². The van der Waals surface area contributed by atoms with Gasteiger partial charge in [-0.15, -0.1) is 24.0 Å². The smallest absolute Gasteiger partial charge is 0.193 e. The van der Waals surface area contributed by atoms with Crippen LogP contribution in [0.2, 0.25) is 0 Å². The van der Waals surface area contributed by atoms with E-state index >= 15 is 0 Å². The minimum Gasteiger partial charge on any atom is -0.382 e. The van der Waals surface area contributed by atoms with Crippen LogP contribution in [-0.2, 0) is 9.47 Å². The fourth-order valence-corrected chi connectivity index (χ4v) is 2.36. The molecule has 0 aromatic carbocycles. The van der Waals surface area contributed by atoms with Crippen molar-refractivity contribution in [2.45, 2.75) is 26.7 Å². The third kappa shape index (κ3) is 8.83. The average molecular weight is 413 g/mol. The molecule has 0 aromatic heterocycles. The number of rotatable bonds is 8. The van der Waals surface area contributed by atoms with E-state index in [9.17, 15) is 0 Å². The van der Waals surface area contributed by atoms with Crippen LogP contribution in [0.3, 0.4) is 0 Å². The Morgan fingerprint density at radius 2 is 2.14 bits per heavy atom. The highest BCUT2D eigenvalue weighted by molar-refractivity contribution is 14.0. The molecule has 1 unspecified atom stereocenters. The van der Waals surface area contributed by atoms with Crippen LogP contribution in [0.5, 0.6) is 0 Å². The van der Waals surface area contributed by atoms with Crippen molar-refractivity contribution in [2.75, 3.05) is 53.6 Å². The van der Waals surface area contributed by atoms with E-state index in [0.717, 1.165) is 38.1 Å². The molecule has 0 amide bonds. The molecule has 0 bridgehead atoms. The Balaban J connectivity index is 0.00000400. The number of halogens is 1. The number of hydrogen-bond acceptors (Lipinski definition) is 3. The van der Waals surface area contributed by atoms with E-state index in [4.69, 9.17) is 9.47 Å². The van der Waals surface area contributed by atoms with Crippen LogP contribution < -0.4 is 5.32 Å². The normalized spacial score (nSPS) is 19.0. The van der Waals surface area contributed by atoms with Crippen LogP contribution in [0.4, 0.5) is 0 Å². The predicted molar refractivity (Wildman–Crippen MR) is 98.6 cm³/mol. The van der Waals surface area contributed by atoms with Gasteiger partial charge in [0.05, 0.1) is 19.8 Å². The number of ether oxygens (including phenoxy) is 2. The average Bonchev–Trinajstić information content (AvgIpc) is 2.88. The first kappa shape index (κ1) is 20.9. The van der Waals surface area contributed by atoms with E-state index in [-0.39, 0.29) is 24.0 Å². The fraction of sp³-hybridized carbons (Fsp3) is 0.933. The molecular weight excluding hydrogens is 381 g/mol. The topological polar surface area (TPSA) is 46.1 Å². The summed E-state index contributed by atoms with van der Waals surface area (Å²) in [4.78, 5) is 6.72. The lowest BCUT2D eigenvalue weighted by Crippen LogP contribution is -2.40. The summed E-state index contributed by atoms with van der Waals surface area (Å²) in [5, 5.41) is 3.45. The second kappa shape index (κ2) is 12.5. The van der Waals surface area contributed by atoms with Gasteiger partial charge in [0.1, 0.15) is 0 Å². The maximum atomic E-state index is 5.62. The van der Waals surface area contributed by atoms with Gasteiger partial charge >= 0.3 is 0 Å². The second-order valence-electron chi connectivity index (χ2n) is 5.82. The molecule has 1 N–H and O–H groups in total. The van der Waals surface area contributed by atoms with Crippen LogP contribution in [0.1, 0.15) is 26.7 Å². The zero-order chi connectivity index (χ0) is 14.8. The van der Waals surface area contributed by atoms with Gasteiger partial charge in [-0.05, 0) is 18.8 Å². The second-order valence-corrected chi connectivity index (χ2v) is 5.82. The van der Waals surface area contributed by atoms with Crippen LogP contribution in [0, 0.1) is 11.8 Å². The van der Waals surface area contributed by atoms with E-state index in [2.05, 4.69) is 29.1 Å². The summed E-state index contributed by atoms with van der Waals surface area (Å²) >= 11 is 0. The standard InChI is InChI=1S/C15H31N3O2.HI/c1-13(2)5-7-17-15(16-3)18-8-6-14(11-18)12-20-10-9-19-4;/h13-14H,5-12H2,1-4H3,(H,16,17);1H. The maximum Gasteiger partial charge on any atom is 0.193 e. The minimum absolute atomic E-state index is 0. The summed E-state index contributed by atoms with van der Waals surface area (Å²) in [5.74, 6) is 2.36. The molecule has 1 aliphatic heterocycles. The SMILES string of the molecule is CN=C(NCCC(C)C)N1CCC(COCCOC)C1.I. The molecule has 0 radical (unpaired) electrons. The quantitative estimate of drug-likeness (QED) is 0.287. The zero-order valence-electron chi connectivity index (χ0n) is 13.9. The molecule has 1 heterocycles. The van der Waals surface area contributed by atoms with Gasteiger partial charge in [0.2, 0.25) is 0 Å². The van der Waals surface area contributed by atoms with Crippen molar-refractivity contribution in [3.8, 4) is 0 Å². The lowest BCUT2D eigenvalue weighted by Gasteiger charge is -2.22. The number of likely N-dealkylation sites (tertiary alicyclic amines) is 1. The lowest BCUT2D eigenvalue weighted by atomic mass is 10.1. The van der Waals surface area contributed by atoms with Crippen molar-refractivity contribution in [1.29, 1.82) is 0 Å². The Hall–Kier alpha value is -0.0800. The molecular formula is C15H32IN3O2. The van der Waals surface area contributed by atoms with Gasteiger partial charge in [0.15, 0.2) is 5.96 Å². The molecule has 126 valence electrons. The maximum absolute atomic E-state index is 5.62. The van der Waals surface area contributed by atoms with E-state index in [0.29, 0.717) is 19.1 Å². The Kier molecular flexibility index (Phi) is 12.4. The third-order valence-electron chi connectivity index (χ3n) is 3.59. The molecule has 0 aromatic rings. The van der Waals surface area contributed by atoms with Crippen LogP contribution >= 0.6 is 24.0 Å². The molecule has 1 fully saturated rings. The van der Waals surface area contributed by atoms with E-state index in [1.54, 1.807) is 7.11 Å². The zero-order valence-corrected chi connectivity index (χ0v) is 16.3. The first-order chi connectivity index (χ1) is 9.67. The molecule has 5 nitrogen and oxygen atoms in total. The van der Waals surface area contributed by atoms with Crippen molar-refractivity contribution in [3.63, 3.8) is 0 Å². The molecule has 0 aliphatic carbocycles. The number of aliphatic imine (C=N–C) groups is 1. The summed E-state index contributed by atoms with van der Waals surface area (Å²) in [7, 11) is 3.56. The fourth-order valence-electron chi connectivity index (χ4n) is 2.36. The van der Waals surface area contributed by atoms with Crippen molar-refractivity contribution < 1.29 is 9.47 Å². The van der Waals surface area contributed by atoms with Crippen LogP contribution in [0.25, 0.3) is 0 Å². The Bertz CT molecular complexity index is 288. The molecule has 1 aliphatic rings. The summed E-state index contributed by atoms with van der Waals surface area (Å²) < 4.78 is 10.6. The molecule has 1 atom stereocenters. The van der Waals surface area contributed by atoms with Gasteiger partial charge in [-0.25, -0.2) is 0 Å². The number of hydrogen-bond donors (Lipinski definition) is 1. The molecule has 0 saturated carbocycles. The summed E-state index contributed by atoms with van der Waals surface area (Å²) in [5.41, 5.74) is 0. The van der Waals surface area contributed by atoms with Gasteiger partial charge in [-0.2, -0.15) is 0 Å². The summed E-state index contributed by atoms with van der Waals surface area (Å²) in [6.07, 6.45) is 2.36. The van der Waals surface area contributed by atoms with Gasteiger partial charge in [-0.3, -0.25) is 4.99 Å². The number of nitrogens with one attached hydrogen (secondary N) is 1. The molecule has 1 saturated heterocycles. The third-order valence-corrected chi connectivity index (χ3v) is 3.59.